The van der Waals surface area contributed by atoms with Gasteiger partial charge >= 0.3 is 0 Å². The van der Waals surface area contributed by atoms with Crippen molar-refractivity contribution in [3.8, 4) is 5.69 Å². The zero-order valence-corrected chi connectivity index (χ0v) is 13.0. The minimum atomic E-state index is 0.136. The van der Waals surface area contributed by atoms with Crippen molar-refractivity contribution in [2.75, 3.05) is 7.05 Å². The number of imidazole rings is 1. The van der Waals surface area contributed by atoms with E-state index in [1.165, 1.54) is 11.1 Å². The number of allylic oxidation sites excluding steroid dienone is 1. The number of aliphatic imine (C=N–C) groups is 1. The van der Waals surface area contributed by atoms with Crippen LogP contribution in [0.5, 0.6) is 0 Å². The number of benzene rings is 1. The Balaban J connectivity index is 1.93. The molecule has 1 atom stereocenters. The van der Waals surface area contributed by atoms with Crippen molar-refractivity contribution in [1.29, 1.82) is 0 Å². The van der Waals surface area contributed by atoms with E-state index in [1.54, 1.807) is 7.05 Å². The van der Waals surface area contributed by atoms with E-state index in [0.717, 1.165) is 23.6 Å². The van der Waals surface area contributed by atoms with Gasteiger partial charge in [-0.15, -0.1) is 0 Å². The summed E-state index contributed by atoms with van der Waals surface area (Å²) in [4.78, 5) is 8.69. The quantitative estimate of drug-likeness (QED) is 0.878. The van der Waals surface area contributed by atoms with Crippen LogP contribution in [-0.4, -0.2) is 22.8 Å². The maximum atomic E-state index is 4.56. The second-order valence-electron chi connectivity index (χ2n) is 5.43. The highest BCUT2D eigenvalue weighted by molar-refractivity contribution is 5.81. The maximum Gasteiger partial charge on any atom is 0.136 e. The van der Waals surface area contributed by atoms with Crippen molar-refractivity contribution < 1.29 is 0 Å². The molecule has 0 saturated carbocycles. The first-order valence-corrected chi connectivity index (χ1v) is 7.37. The van der Waals surface area contributed by atoms with Crippen LogP contribution in [0.3, 0.4) is 0 Å². The first kappa shape index (κ1) is 14.3. The second-order valence-corrected chi connectivity index (χ2v) is 5.43. The average Bonchev–Trinajstić information content (AvgIpc) is 3.13. The van der Waals surface area contributed by atoms with Crippen LogP contribution in [0.15, 0.2) is 65.6 Å². The molecule has 22 heavy (non-hydrogen) atoms. The molecule has 4 nitrogen and oxygen atoms in total. The van der Waals surface area contributed by atoms with Crippen molar-refractivity contribution in [2.45, 2.75) is 19.4 Å². The van der Waals surface area contributed by atoms with Crippen LogP contribution in [0.2, 0.25) is 0 Å². The molecule has 0 amide bonds. The van der Waals surface area contributed by atoms with E-state index >= 15 is 0 Å². The minimum Gasteiger partial charge on any atom is -0.375 e. The Kier molecular flexibility index (Phi) is 3.92. The van der Waals surface area contributed by atoms with Crippen molar-refractivity contribution in [3.05, 3.63) is 72.0 Å². The van der Waals surface area contributed by atoms with Crippen molar-refractivity contribution in [2.24, 2.45) is 4.99 Å². The van der Waals surface area contributed by atoms with Gasteiger partial charge in [0.15, 0.2) is 0 Å². The van der Waals surface area contributed by atoms with Crippen molar-refractivity contribution in [1.82, 2.24) is 14.9 Å². The number of hydrogen-bond acceptors (Lipinski definition) is 3. The lowest BCUT2D eigenvalue weighted by Gasteiger charge is -2.15. The van der Waals surface area contributed by atoms with Crippen LogP contribution < -0.4 is 5.32 Å². The third kappa shape index (κ3) is 2.60. The number of aromatic nitrogens is 2. The van der Waals surface area contributed by atoms with E-state index in [0.29, 0.717) is 0 Å². The molecule has 1 aliphatic rings. The second kappa shape index (κ2) is 6.02. The number of nitrogens with one attached hydrogen (secondary N) is 1. The van der Waals surface area contributed by atoms with Crippen molar-refractivity contribution >= 4 is 6.21 Å². The highest BCUT2D eigenvalue weighted by Gasteiger charge is 2.26. The van der Waals surface area contributed by atoms with Gasteiger partial charge in [0.05, 0.1) is 6.04 Å². The van der Waals surface area contributed by atoms with Crippen LogP contribution in [0.1, 0.15) is 23.9 Å². The third-order valence-corrected chi connectivity index (χ3v) is 3.85. The highest BCUT2D eigenvalue weighted by Crippen LogP contribution is 2.30. The van der Waals surface area contributed by atoms with Gasteiger partial charge in [-0.25, -0.2) is 4.98 Å². The summed E-state index contributed by atoms with van der Waals surface area (Å²) in [6.07, 6.45) is 8.45. The van der Waals surface area contributed by atoms with E-state index in [1.807, 2.05) is 24.7 Å². The molecule has 1 aromatic heterocycles. The van der Waals surface area contributed by atoms with Gasteiger partial charge in [0, 0.05) is 43.5 Å². The van der Waals surface area contributed by atoms with Gasteiger partial charge < -0.3 is 9.88 Å². The van der Waals surface area contributed by atoms with Crippen LogP contribution in [-0.2, 0) is 0 Å². The first-order valence-electron chi connectivity index (χ1n) is 7.37. The topological polar surface area (TPSA) is 42.2 Å². The minimum absolute atomic E-state index is 0.136. The van der Waals surface area contributed by atoms with Crippen molar-refractivity contribution in [3.63, 3.8) is 0 Å². The van der Waals surface area contributed by atoms with Crippen LogP contribution in [0, 0.1) is 6.92 Å². The summed E-state index contributed by atoms with van der Waals surface area (Å²) in [6.45, 7) is 5.97. The number of nitrogens with zero attached hydrogens (tertiary/aromatic N) is 3. The number of rotatable bonds is 4. The first-order chi connectivity index (χ1) is 10.7. The summed E-state index contributed by atoms with van der Waals surface area (Å²) in [5.41, 5.74) is 4.57. The summed E-state index contributed by atoms with van der Waals surface area (Å²) in [7, 11) is 1.79. The summed E-state index contributed by atoms with van der Waals surface area (Å²) in [5.74, 6) is 1.00. The van der Waals surface area contributed by atoms with E-state index in [4.69, 9.17) is 0 Å². The van der Waals surface area contributed by atoms with Gasteiger partial charge in [-0.05, 0) is 36.3 Å². The molecule has 1 N–H and O–H groups in total. The molecule has 1 aliphatic heterocycles. The largest absolute Gasteiger partial charge is 0.375 e. The molecule has 0 fully saturated rings. The lowest BCUT2D eigenvalue weighted by molar-refractivity contribution is 0.604. The lowest BCUT2D eigenvalue weighted by Crippen LogP contribution is -2.17. The normalized spacial score (nSPS) is 18.0. The highest BCUT2D eigenvalue weighted by atomic mass is 15.1. The predicted octanol–water partition coefficient (Wildman–Crippen LogP) is 3.36. The average molecular weight is 292 g/mol. The molecule has 0 aliphatic carbocycles. The SMILES string of the molecule is C=CC1=C(C=NC)CC(c2nccn2-c2cccc(C)c2)N1. The molecular formula is C18H20N4. The Morgan fingerprint density at radius 2 is 2.32 bits per heavy atom. The van der Waals surface area contributed by atoms with Gasteiger partial charge in [-0.3, -0.25) is 4.99 Å². The molecule has 112 valence electrons. The van der Waals surface area contributed by atoms with E-state index in [9.17, 15) is 0 Å². The fourth-order valence-corrected chi connectivity index (χ4v) is 2.85. The molecule has 1 unspecified atom stereocenters. The van der Waals surface area contributed by atoms with Crippen LogP contribution >= 0.6 is 0 Å². The monoisotopic (exact) mass is 292 g/mol. The van der Waals surface area contributed by atoms with E-state index in [-0.39, 0.29) is 6.04 Å². The smallest absolute Gasteiger partial charge is 0.136 e. The molecule has 3 rings (SSSR count). The Bertz CT molecular complexity index is 752. The van der Waals surface area contributed by atoms with Gasteiger partial charge in [0.1, 0.15) is 5.82 Å². The van der Waals surface area contributed by atoms with Gasteiger partial charge in [0.2, 0.25) is 0 Å². The molecule has 1 aromatic carbocycles. The Morgan fingerprint density at radius 3 is 3.05 bits per heavy atom. The van der Waals surface area contributed by atoms with Gasteiger partial charge in [0.25, 0.3) is 0 Å². The van der Waals surface area contributed by atoms with Crippen LogP contribution in [0.25, 0.3) is 5.69 Å². The third-order valence-electron chi connectivity index (χ3n) is 3.85. The molecule has 0 radical (unpaired) electrons. The number of hydrogen-bond donors (Lipinski definition) is 1. The fourth-order valence-electron chi connectivity index (χ4n) is 2.85. The fraction of sp³-hybridized carbons (Fsp3) is 0.222. The maximum absolute atomic E-state index is 4.56. The molecule has 0 saturated heterocycles. The Hall–Kier alpha value is -2.62. The predicted molar refractivity (Wildman–Crippen MR) is 90.4 cm³/mol. The molecule has 4 heteroatoms. The number of aryl methyl sites for hydroxylation is 1. The molecular weight excluding hydrogens is 272 g/mol. The van der Waals surface area contributed by atoms with Crippen LogP contribution in [0.4, 0.5) is 0 Å². The summed E-state index contributed by atoms with van der Waals surface area (Å²) < 4.78 is 2.14. The molecule has 2 aromatic rings. The molecule has 2 heterocycles. The van der Waals surface area contributed by atoms with E-state index < -0.39 is 0 Å². The standard InChI is InChI=1S/C18H20N4/c1-4-16-14(12-19-3)11-17(21-16)18-20-8-9-22(18)15-7-5-6-13(2)10-15/h4-10,12,17,21H,1,11H2,2-3H3. The molecule has 0 bridgehead atoms. The zero-order valence-electron chi connectivity index (χ0n) is 13.0. The van der Waals surface area contributed by atoms with E-state index in [2.05, 4.69) is 57.6 Å². The Labute approximate surface area is 130 Å². The Morgan fingerprint density at radius 1 is 1.45 bits per heavy atom. The lowest BCUT2D eigenvalue weighted by atomic mass is 10.1. The van der Waals surface area contributed by atoms with Gasteiger partial charge in [-0.2, -0.15) is 0 Å². The van der Waals surface area contributed by atoms with Gasteiger partial charge in [-0.1, -0.05) is 18.7 Å². The molecule has 0 spiro atoms. The zero-order chi connectivity index (χ0) is 15.5. The summed E-state index contributed by atoms with van der Waals surface area (Å²) >= 11 is 0. The summed E-state index contributed by atoms with van der Waals surface area (Å²) in [5, 5.41) is 3.49. The summed E-state index contributed by atoms with van der Waals surface area (Å²) in [6, 6.07) is 8.57.